The Kier molecular flexibility index (Phi) is 23.1. The molecule has 0 spiro atoms. The maximum absolute atomic E-state index is 13.3. The van der Waals surface area contributed by atoms with E-state index in [1.807, 2.05) is 0 Å². The van der Waals surface area contributed by atoms with Crippen molar-refractivity contribution in [1.82, 2.24) is 0 Å². The molecule has 15 aliphatic rings. The highest BCUT2D eigenvalue weighted by Gasteiger charge is 2.85. The van der Waals surface area contributed by atoms with Crippen molar-refractivity contribution in [2.75, 3.05) is 33.0 Å². The number of halogens is 6. The molecular weight excluding hydrogens is 1660 g/mol. The van der Waals surface area contributed by atoms with Crippen LogP contribution < -0.4 is 0 Å². The number of nitrogens with zero attached hydrogens (tertiary/aromatic N) is 1. The van der Waals surface area contributed by atoms with Gasteiger partial charge in [-0.05, 0) is 33.6 Å². The van der Waals surface area contributed by atoms with Gasteiger partial charge in [-0.1, -0.05) is 32.9 Å². The van der Waals surface area contributed by atoms with Gasteiger partial charge in [0.25, 0.3) is 50.6 Å². The molecule has 113 heavy (non-hydrogen) atoms. The van der Waals surface area contributed by atoms with E-state index in [-0.39, 0.29) is 30.4 Å². The van der Waals surface area contributed by atoms with E-state index in [0.29, 0.717) is 0 Å². The molecule has 15 heterocycles. The fraction of sp³-hybridized carbons (Fsp3) is 0.656. The molecule has 10 bridgehead atoms. The molecule has 41 nitrogen and oxygen atoms in total. The van der Waals surface area contributed by atoms with Crippen LogP contribution in [0.1, 0.15) is 46.5 Å². The van der Waals surface area contributed by atoms with E-state index in [1.165, 1.54) is 13.8 Å². The van der Waals surface area contributed by atoms with Gasteiger partial charge in [-0.15, -0.1) is 0 Å². The SMILES string of the molecule is C=C(C)C(=O)OCC(=O)OC1C2CC3C(O2)C1(C)OS3(=O)=O.C=C(C)C(=O)OCC(=O)OC1C2CC3C(O2)C1OS3(=O)=O.C=CC(=O)OCC(=O)OC1C2CC3(C#N)C(O2)C1OS3(=O)=O.C=CC(=O)OCC(=O)OC1C2CC3(C(F)(F)F)C(O2)C1OS3(=O)=O.C=CC(=O)OCC(=O)OC1C2OS(=O)(=O)C3C2OC1C3C(F)(F)F. The first-order valence-electron chi connectivity index (χ1n) is 32.8. The Morgan fingerprint density at radius 3 is 1.38 bits per heavy atom. The van der Waals surface area contributed by atoms with E-state index in [2.05, 4.69) is 60.2 Å². The predicted octanol–water partition coefficient (Wildman–Crippen LogP) is -2.74. The number of alkyl halides is 6. The van der Waals surface area contributed by atoms with Crippen LogP contribution in [0.25, 0.3) is 0 Å². The van der Waals surface area contributed by atoms with Gasteiger partial charge >= 0.3 is 72.0 Å². The summed E-state index contributed by atoms with van der Waals surface area (Å²) in [5, 5.41) is 5.92. The van der Waals surface area contributed by atoms with Gasteiger partial charge in [0.15, 0.2) is 69.2 Å². The first kappa shape index (κ1) is 85.7. The van der Waals surface area contributed by atoms with E-state index in [0.717, 1.165) is 18.2 Å². The average molecular weight is 1720 g/mol. The number of esters is 10. The van der Waals surface area contributed by atoms with Gasteiger partial charge in [0, 0.05) is 42.2 Å². The van der Waals surface area contributed by atoms with Gasteiger partial charge in [-0.3, -0.25) is 20.9 Å². The summed E-state index contributed by atoms with van der Waals surface area (Å²) in [6.07, 6.45) is -28.5. The van der Waals surface area contributed by atoms with E-state index < -0.39 is 315 Å². The largest absolute Gasteiger partial charge is 0.454 e. The lowest BCUT2D eigenvalue weighted by atomic mass is 9.83. The second-order valence-corrected chi connectivity index (χ2v) is 36.1. The van der Waals surface area contributed by atoms with Gasteiger partial charge in [0.2, 0.25) is 9.49 Å². The Morgan fingerprint density at radius 2 is 0.894 bits per heavy atom. The molecule has 0 N–H and O–H groups in total. The van der Waals surface area contributed by atoms with Gasteiger partial charge in [-0.2, -0.15) is 73.7 Å². The maximum atomic E-state index is 13.3. The molecule has 15 fully saturated rings. The fourth-order valence-electron chi connectivity index (χ4n) is 15.4. The molecule has 26 atom stereocenters. The number of hydrogen-bond donors (Lipinski definition) is 0. The summed E-state index contributed by atoms with van der Waals surface area (Å²) in [7, 11) is -21.0. The number of hydrogen-bond acceptors (Lipinski definition) is 41. The molecule has 0 saturated carbocycles. The van der Waals surface area contributed by atoms with Crippen molar-refractivity contribution in [3.8, 4) is 6.07 Å². The van der Waals surface area contributed by atoms with Crippen LogP contribution >= 0.6 is 0 Å². The standard InChI is InChI=1S/C13H16O8S.2C12H11F3O8S.C12H11NO8S.C12H14O8S/c1-6(2)12(15)18-5-9(14)20-10-7-4-8-11(19-7)13(10,3)21-22(8,16)17;1-2-6(16)20-4-7(17)22-8-5-3-11(12(13,14)15)10(21-5)9(8)23-24(11,18)19;1-2-4(16)20-3-5(17)21-8-7-6(12(13,14)15)11-10(22-7)9(8)23-24(11,18)19;1-2-7(14)18-4-8(15)20-9-6-3-12(5-13)11(19-6)10(9)21-22(12,16)17;1-5(2)12(14)17-4-8(13)19-9-6-3-7-10(18-6)11(9)20-21(7,15)16/h7-8,10-11H,1,4-5H2,2-3H3;2,5,8-10H,1,3-4H2;2,6-11H,1,3H2;2,6,9-11H,1,3-4H2;6-7,9-11H,1,3-4H2,2H3. The summed E-state index contributed by atoms with van der Waals surface area (Å²) >= 11 is 0. The molecular formula is C61H63F6NO40S5. The molecule has 0 amide bonds. The monoisotopic (exact) mass is 1720 g/mol. The number of rotatable bonds is 20. The highest BCUT2D eigenvalue weighted by atomic mass is 32.2. The third kappa shape index (κ3) is 15.3. The number of fused-ring (bicyclic) bond motifs is 5. The smallest absolute Gasteiger partial charge is 0.413 e. The quantitative estimate of drug-likeness (QED) is 0.0392. The molecule has 26 unspecified atom stereocenters. The zero-order valence-corrected chi connectivity index (χ0v) is 62.1. The van der Waals surface area contributed by atoms with Crippen LogP contribution in [0.4, 0.5) is 26.3 Å². The first-order valence-corrected chi connectivity index (χ1v) is 40.1. The predicted molar refractivity (Wildman–Crippen MR) is 338 cm³/mol. The fourth-order valence-corrected chi connectivity index (χ4v) is 24.2. The number of ether oxygens (including phenoxy) is 15. The third-order valence-electron chi connectivity index (χ3n) is 20.1. The Morgan fingerprint density at radius 1 is 0.469 bits per heavy atom. The number of carbonyl (C=O) groups excluding carboxylic acids is 10. The average Bonchev–Trinajstić information content (AvgIpc) is 1.51. The lowest BCUT2D eigenvalue weighted by Crippen LogP contribution is -2.57. The first-order chi connectivity index (χ1) is 52.4. The Bertz CT molecular complexity index is 4700. The summed E-state index contributed by atoms with van der Waals surface area (Å²) in [6.45, 7) is 17.2. The second kappa shape index (κ2) is 30.5. The van der Waals surface area contributed by atoms with E-state index in [9.17, 15) is 122 Å². The van der Waals surface area contributed by atoms with Crippen molar-refractivity contribution in [2.45, 2.75) is 206 Å². The van der Waals surface area contributed by atoms with Crippen LogP contribution in [0.5, 0.6) is 0 Å². The molecule has 0 aromatic heterocycles. The summed E-state index contributed by atoms with van der Waals surface area (Å²) in [5.74, 6) is -11.0. The van der Waals surface area contributed by atoms with Crippen LogP contribution in [0.2, 0.25) is 0 Å². The minimum Gasteiger partial charge on any atom is -0.454 e. The second-order valence-electron chi connectivity index (χ2n) is 27.1. The number of nitriles is 1. The summed E-state index contributed by atoms with van der Waals surface area (Å²) in [5.41, 5.74) is -0.893. The molecule has 15 rings (SSSR count). The highest BCUT2D eigenvalue weighted by Crippen LogP contribution is 2.62. The van der Waals surface area contributed by atoms with Crippen LogP contribution in [0, 0.1) is 17.2 Å². The van der Waals surface area contributed by atoms with Crippen molar-refractivity contribution >= 4 is 110 Å². The lowest BCUT2D eigenvalue weighted by molar-refractivity contribution is -0.201. The molecule has 0 radical (unpaired) electrons. The minimum atomic E-state index is -5.09. The van der Waals surface area contributed by atoms with Crippen molar-refractivity contribution in [3.05, 3.63) is 62.3 Å². The van der Waals surface area contributed by atoms with Crippen molar-refractivity contribution < 1.29 is 208 Å². The van der Waals surface area contributed by atoms with Crippen LogP contribution in [0.15, 0.2) is 62.3 Å². The van der Waals surface area contributed by atoms with Gasteiger partial charge in [0.05, 0.1) is 24.4 Å². The Labute approximate surface area is 634 Å². The van der Waals surface area contributed by atoms with Crippen molar-refractivity contribution in [3.63, 3.8) is 0 Å². The summed E-state index contributed by atoms with van der Waals surface area (Å²) < 4.78 is 292. The zero-order chi connectivity index (χ0) is 83.5. The minimum absolute atomic E-state index is 0.128. The molecule has 624 valence electrons. The molecule has 15 aliphatic heterocycles. The molecule has 0 aliphatic carbocycles. The Hall–Kier alpha value is -8.18. The maximum Gasteiger partial charge on any atom is 0.413 e. The van der Waals surface area contributed by atoms with Gasteiger partial charge < -0.3 is 71.1 Å². The molecule has 52 heteroatoms. The number of carbonyl (C=O) groups is 10. The van der Waals surface area contributed by atoms with Crippen molar-refractivity contribution in [1.29, 1.82) is 5.26 Å². The lowest BCUT2D eigenvalue weighted by Gasteiger charge is -2.30. The Balaban J connectivity index is 0.000000140. The van der Waals surface area contributed by atoms with E-state index in [4.69, 9.17) is 64.7 Å². The zero-order valence-electron chi connectivity index (χ0n) is 58.0. The van der Waals surface area contributed by atoms with E-state index in [1.54, 1.807) is 13.0 Å². The summed E-state index contributed by atoms with van der Waals surface area (Å²) in [4.78, 5) is 113. The molecule has 0 aromatic carbocycles. The highest BCUT2D eigenvalue weighted by molar-refractivity contribution is 7.89. The topological polar surface area (TPSA) is 550 Å². The van der Waals surface area contributed by atoms with Crippen LogP contribution in [-0.2, 0) is 191 Å². The van der Waals surface area contributed by atoms with Gasteiger partial charge in [0.1, 0.15) is 88.8 Å². The molecule has 15 saturated heterocycles. The third-order valence-corrected chi connectivity index (χ3v) is 29.1. The van der Waals surface area contributed by atoms with Crippen molar-refractivity contribution in [2.24, 2.45) is 5.92 Å². The van der Waals surface area contributed by atoms with E-state index >= 15 is 0 Å². The summed E-state index contributed by atoms with van der Waals surface area (Å²) in [6, 6.07) is 1.75. The normalized spacial score (nSPS) is 39.2. The van der Waals surface area contributed by atoms with Gasteiger partial charge in [-0.25, -0.2) is 47.9 Å². The van der Waals surface area contributed by atoms with Crippen LogP contribution in [-0.4, -0.2) is 294 Å². The van der Waals surface area contributed by atoms with Crippen LogP contribution in [0.3, 0.4) is 0 Å². The molecule has 0 aromatic rings.